The van der Waals surface area contributed by atoms with Crippen molar-refractivity contribution >= 4 is 26.8 Å². The summed E-state index contributed by atoms with van der Waals surface area (Å²) < 4.78 is 25.9. The van der Waals surface area contributed by atoms with Gasteiger partial charge in [-0.1, -0.05) is 13.8 Å². The van der Waals surface area contributed by atoms with E-state index < -0.39 is 9.84 Å². The molecule has 1 atom stereocenters. The summed E-state index contributed by atoms with van der Waals surface area (Å²) in [7, 11) is -3.33. The van der Waals surface area contributed by atoms with Crippen LogP contribution in [0, 0.1) is 0 Å². The van der Waals surface area contributed by atoms with Gasteiger partial charge in [-0.25, -0.2) is 33.3 Å². The van der Waals surface area contributed by atoms with Gasteiger partial charge in [0, 0.05) is 24.1 Å². The van der Waals surface area contributed by atoms with Gasteiger partial charge in [0.15, 0.2) is 27.1 Å². The maximum absolute atomic E-state index is 13.7. The fourth-order valence-electron chi connectivity index (χ4n) is 4.84. The Bertz CT molecular complexity index is 1720. The fourth-order valence-corrected chi connectivity index (χ4v) is 5.67. The minimum atomic E-state index is -3.33. The van der Waals surface area contributed by atoms with E-state index in [1.54, 1.807) is 30.1 Å². The van der Waals surface area contributed by atoms with Crippen molar-refractivity contribution in [3.05, 3.63) is 58.3 Å². The first-order valence-electron chi connectivity index (χ1n) is 13.9. The summed E-state index contributed by atoms with van der Waals surface area (Å²) in [4.78, 5) is 41.6. The third kappa shape index (κ3) is 4.96. The monoisotopic (exact) mass is 560 g/mol. The van der Waals surface area contributed by atoms with Crippen molar-refractivity contribution in [2.75, 3.05) is 11.1 Å². The number of sulfone groups is 1. The van der Waals surface area contributed by atoms with E-state index in [-0.39, 0.29) is 34.6 Å². The summed E-state index contributed by atoms with van der Waals surface area (Å²) in [6.45, 7) is 5.81. The number of hydrogen-bond acceptors (Lipinski definition) is 10. The molecule has 0 amide bonds. The lowest BCUT2D eigenvalue weighted by molar-refractivity contribution is 0.526. The summed E-state index contributed by atoms with van der Waals surface area (Å²) in [5, 5.41) is 3.09. The highest BCUT2D eigenvalue weighted by Crippen LogP contribution is 2.48. The highest BCUT2D eigenvalue weighted by Gasteiger charge is 2.35. The van der Waals surface area contributed by atoms with Crippen molar-refractivity contribution in [2.45, 2.75) is 82.2 Å². The minimum absolute atomic E-state index is 0.00725. The van der Waals surface area contributed by atoms with Crippen LogP contribution in [0.15, 0.2) is 40.5 Å². The molecule has 2 aliphatic rings. The van der Waals surface area contributed by atoms with E-state index >= 15 is 0 Å². The average molecular weight is 561 g/mol. The maximum atomic E-state index is 13.7. The molecule has 0 bridgehead atoms. The van der Waals surface area contributed by atoms with Crippen LogP contribution in [0.3, 0.4) is 0 Å². The molecule has 0 aliphatic heterocycles. The molecule has 2 fully saturated rings. The summed E-state index contributed by atoms with van der Waals surface area (Å²) >= 11 is 0. The predicted octanol–water partition coefficient (Wildman–Crippen LogP) is 4.17. The zero-order valence-electron chi connectivity index (χ0n) is 22.8. The molecule has 12 heteroatoms. The number of anilines is 1. The first kappa shape index (κ1) is 26.4. The highest BCUT2D eigenvalue weighted by atomic mass is 32.2. The van der Waals surface area contributed by atoms with Gasteiger partial charge in [0.2, 0.25) is 0 Å². The van der Waals surface area contributed by atoms with Crippen LogP contribution in [0.25, 0.3) is 22.6 Å². The predicted molar refractivity (Wildman–Crippen MR) is 151 cm³/mol. The van der Waals surface area contributed by atoms with Crippen LogP contribution in [-0.4, -0.2) is 48.6 Å². The van der Waals surface area contributed by atoms with Gasteiger partial charge in [-0.2, -0.15) is 0 Å². The van der Waals surface area contributed by atoms with Crippen LogP contribution in [0.5, 0.6) is 0 Å². The largest absolute Gasteiger partial charge is 0.360 e. The normalized spacial score (nSPS) is 16.3. The number of hydrogen-bond donors (Lipinski definition) is 1. The first-order chi connectivity index (χ1) is 19.3. The zero-order chi connectivity index (χ0) is 28.0. The van der Waals surface area contributed by atoms with E-state index in [9.17, 15) is 13.2 Å². The fraction of sp³-hybridized carbons (Fsp3) is 0.464. The number of rotatable bonds is 10. The van der Waals surface area contributed by atoms with E-state index in [0.717, 1.165) is 49.1 Å². The molecule has 4 heterocycles. The molecule has 40 heavy (non-hydrogen) atoms. The Hall–Kier alpha value is -3.80. The van der Waals surface area contributed by atoms with Gasteiger partial charge in [-0.3, -0.25) is 14.3 Å². The van der Waals surface area contributed by atoms with Crippen molar-refractivity contribution in [3.8, 4) is 11.4 Å². The van der Waals surface area contributed by atoms with Crippen LogP contribution in [0.1, 0.15) is 87.8 Å². The van der Waals surface area contributed by atoms with Crippen LogP contribution in [0.4, 0.5) is 5.82 Å². The smallest absolute Gasteiger partial charge is 0.295 e. The summed E-state index contributed by atoms with van der Waals surface area (Å²) in [5.74, 6) is 1.52. The Morgan fingerprint density at radius 2 is 1.68 bits per heavy atom. The molecule has 0 unspecified atom stereocenters. The van der Waals surface area contributed by atoms with Gasteiger partial charge < -0.3 is 5.32 Å². The summed E-state index contributed by atoms with van der Waals surface area (Å²) in [6.07, 6.45) is 9.79. The van der Waals surface area contributed by atoms with E-state index in [4.69, 9.17) is 9.97 Å². The molecule has 0 aromatic carbocycles. The molecule has 0 spiro atoms. The third-order valence-corrected chi connectivity index (χ3v) is 9.41. The molecule has 2 aliphatic carbocycles. The Labute approximate surface area is 232 Å². The Balaban J connectivity index is 1.38. The second kappa shape index (κ2) is 10.3. The molecular weight excluding hydrogens is 528 g/mol. The highest BCUT2D eigenvalue weighted by molar-refractivity contribution is 7.91. The van der Waals surface area contributed by atoms with Crippen molar-refractivity contribution in [3.63, 3.8) is 0 Å². The van der Waals surface area contributed by atoms with Gasteiger partial charge >= 0.3 is 0 Å². The molecule has 2 saturated carbocycles. The van der Waals surface area contributed by atoms with Gasteiger partial charge in [0.1, 0.15) is 11.8 Å². The number of fused-ring (bicyclic) bond motifs is 1. The quantitative estimate of drug-likeness (QED) is 0.300. The Kier molecular flexibility index (Phi) is 6.81. The molecule has 1 N–H and O–H groups in total. The number of nitrogens with zero attached hydrogens (tertiary/aromatic N) is 7. The van der Waals surface area contributed by atoms with Crippen LogP contribution in [-0.2, 0) is 16.4 Å². The molecular formula is C28H32N8O3S. The topological polar surface area (TPSA) is 146 Å². The zero-order valence-corrected chi connectivity index (χ0v) is 23.6. The Morgan fingerprint density at radius 1 is 0.975 bits per heavy atom. The number of pyridine rings is 1. The number of nitrogens with one attached hydrogen (secondary N) is 1. The summed E-state index contributed by atoms with van der Waals surface area (Å²) in [6, 6.07) is 3.04. The van der Waals surface area contributed by atoms with E-state index in [1.165, 1.54) is 12.3 Å². The van der Waals surface area contributed by atoms with Gasteiger partial charge in [0.05, 0.1) is 46.0 Å². The average Bonchev–Trinajstić information content (AvgIpc) is 3.89. The lowest BCUT2D eigenvalue weighted by atomic mass is 10.0. The molecule has 4 aromatic rings. The lowest BCUT2D eigenvalue weighted by Crippen LogP contribution is -2.28. The molecule has 0 radical (unpaired) electrons. The van der Waals surface area contributed by atoms with Crippen LogP contribution in [0.2, 0.25) is 0 Å². The molecule has 0 saturated heterocycles. The minimum Gasteiger partial charge on any atom is -0.360 e. The standard InChI is InChI=1S/C28H32N8O3S/c1-4-16(3)36-27-21(34-26(28(36)37)30-12-19-10-11-20(13-29-19)40(38,39)5-2)14-31-25(35-27)22-23(17-6-7-17)32-15-33-24(22)18-8-9-18/h10-11,13-18H,4-9,12H2,1-3H3,(H,30,34)/t16-/m1/s1. The maximum Gasteiger partial charge on any atom is 0.295 e. The number of aromatic nitrogens is 7. The second-order valence-electron chi connectivity index (χ2n) is 10.6. The summed E-state index contributed by atoms with van der Waals surface area (Å²) in [5.41, 5.74) is 4.21. The van der Waals surface area contributed by atoms with Gasteiger partial charge in [-0.15, -0.1) is 0 Å². The molecule has 11 nitrogen and oxygen atoms in total. The third-order valence-electron chi connectivity index (χ3n) is 7.69. The van der Waals surface area contributed by atoms with E-state index in [2.05, 4.69) is 25.3 Å². The van der Waals surface area contributed by atoms with E-state index in [0.29, 0.717) is 34.5 Å². The van der Waals surface area contributed by atoms with Gasteiger partial charge in [0.25, 0.3) is 5.56 Å². The molecule has 208 valence electrons. The molecule has 6 rings (SSSR count). The SMILES string of the molecule is CC[C@@H](C)n1c(=O)c(NCc2ccc(S(=O)(=O)CC)cn2)nc2cnc(-c3c(C4CC4)ncnc3C3CC3)nc21. The van der Waals surface area contributed by atoms with Crippen molar-refractivity contribution in [1.29, 1.82) is 0 Å². The van der Waals surface area contributed by atoms with Crippen molar-refractivity contribution in [1.82, 2.24) is 34.5 Å². The van der Waals surface area contributed by atoms with Gasteiger partial charge in [-0.05, 0) is 51.2 Å². The van der Waals surface area contributed by atoms with E-state index in [1.807, 2.05) is 13.8 Å². The van der Waals surface area contributed by atoms with Crippen molar-refractivity contribution in [2.24, 2.45) is 0 Å². The van der Waals surface area contributed by atoms with Crippen LogP contribution >= 0.6 is 0 Å². The van der Waals surface area contributed by atoms with Crippen molar-refractivity contribution < 1.29 is 8.42 Å². The first-order valence-corrected chi connectivity index (χ1v) is 15.5. The Morgan fingerprint density at radius 3 is 2.25 bits per heavy atom. The second-order valence-corrected chi connectivity index (χ2v) is 12.9. The lowest BCUT2D eigenvalue weighted by Gasteiger charge is -2.18. The molecule has 4 aromatic heterocycles. The van der Waals surface area contributed by atoms with Crippen LogP contribution < -0.4 is 10.9 Å².